The highest BCUT2D eigenvalue weighted by Crippen LogP contribution is 2.39. The Morgan fingerprint density at radius 1 is 1.07 bits per heavy atom. The molecule has 2 rings (SSSR count). The van der Waals surface area contributed by atoms with E-state index >= 15 is 0 Å². The molecule has 0 spiro atoms. The molecule has 3 heteroatoms. The van der Waals surface area contributed by atoms with Gasteiger partial charge in [0.2, 0.25) is 0 Å². The SMILES string of the molecule is CCCCCC\C=C/C=C\C=C\C=C\C1OC1c1cccc(C(=O)OC)c1. The van der Waals surface area contributed by atoms with Gasteiger partial charge in [-0.05, 0) is 30.5 Å². The van der Waals surface area contributed by atoms with Crippen LogP contribution in [-0.2, 0) is 9.47 Å². The predicted molar refractivity (Wildman–Crippen MR) is 111 cm³/mol. The van der Waals surface area contributed by atoms with Crippen LogP contribution >= 0.6 is 0 Å². The van der Waals surface area contributed by atoms with Crippen LogP contribution in [0, 0.1) is 0 Å². The van der Waals surface area contributed by atoms with E-state index in [4.69, 9.17) is 9.47 Å². The van der Waals surface area contributed by atoms with Gasteiger partial charge >= 0.3 is 5.97 Å². The summed E-state index contributed by atoms with van der Waals surface area (Å²) in [7, 11) is 1.39. The maximum Gasteiger partial charge on any atom is 0.337 e. The van der Waals surface area contributed by atoms with E-state index in [-0.39, 0.29) is 18.2 Å². The van der Waals surface area contributed by atoms with E-state index in [1.165, 1.54) is 32.8 Å². The van der Waals surface area contributed by atoms with Crippen LogP contribution in [0.25, 0.3) is 0 Å². The summed E-state index contributed by atoms with van der Waals surface area (Å²) in [5.41, 5.74) is 1.55. The number of esters is 1. The average Bonchev–Trinajstić information content (AvgIpc) is 3.48. The lowest BCUT2D eigenvalue weighted by Gasteiger charge is -2.00. The maximum atomic E-state index is 11.6. The average molecular weight is 367 g/mol. The summed E-state index contributed by atoms with van der Waals surface area (Å²) < 4.78 is 10.4. The van der Waals surface area contributed by atoms with Gasteiger partial charge in [0, 0.05) is 0 Å². The van der Waals surface area contributed by atoms with Gasteiger partial charge in [0.25, 0.3) is 0 Å². The second-order valence-electron chi connectivity index (χ2n) is 6.57. The zero-order valence-corrected chi connectivity index (χ0v) is 16.3. The van der Waals surface area contributed by atoms with Gasteiger partial charge in [0.15, 0.2) is 0 Å². The molecule has 0 saturated carbocycles. The van der Waals surface area contributed by atoms with Crippen LogP contribution in [-0.4, -0.2) is 19.2 Å². The van der Waals surface area contributed by atoms with Crippen molar-refractivity contribution in [2.24, 2.45) is 0 Å². The van der Waals surface area contributed by atoms with Gasteiger partial charge in [-0.1, -0.05) is 86.9 Å². The second kappa shape index (κ2) is 12.1. The highest BCUT2D eigenvalue weighted by atomic mass is 16.6. The van der Waals surface area contributed by atoms with Crippen LogP contribution in [0.15, 0.2) is 72.9 Å². The summed E-state index contributed by atoms with van der Waals surface area (Å²) >= 11 is 0. The summed E-state index contributed by atoms with van der Waals surface area (Å²) in [5, 5.41) is 0. The van der Waals surface area contributed by atoms with Gasteiger partial charge in [0.05, 0.1) is 12.7 Å². The lowest BCUT2D eigenvalue weighted by molar-refractivity contribution is 0.0600. The van der Waals surface area contributed by atoms with Crippen molar-refractivity contribution in [3.63, 3.8) is 0 Å². The van der Waals surface area contributed by atoms with Crippen molar-refractivity contribution in [3.8, 4) is 0 Å². The van der Waals surface area contributed by atoms with Gasteiger partial charge in [0.1, 0.15) is 12.2 Å². The van der Waals surface area contributed by atoms with E-state index in [9.17, 15) is 4.79 Å². The molecule has 1 aromatic rings. The fourth-order valence-corrected chi connectivity index (χ4v) is 2.79. The van der Waals surface area contributed by atoms with Crippen LogP contribution in [0.1, 0.15) is 61.1 Å². The highest BCUT2D eigenvalue weighted by Gasteiger charge is 2.37. The Labute approximate surface area is 163 Å². The van der Waals surface area contributed by atoms with E-state index < -0.39 is 0 Å². The molecule has 0 N–H and O–H groups in total. The molecule has 0 amide bonds. The van der Waals surface area contributed by atoms with Gasteiger partial charge in [-0.3, -0.25) is 0 Å². The number of rotatable bonds is 11. The van der Waals surface area contributed by atoms with E-state index in [1.54, 1.807) is 6.07 Å². The number of hydrogen-bond donors (Lipinski definition) is 0. The highest BCUT2D eigenvalue weighted by molar-refractivity contribution is 5.89. The third-order valence-corrected chi connectivity index (χ3v) is 4.38. The van der Waals surface area contributed by atoms with E-state index in [0.29, 0.717) is 5.56 Å². The molecule has 2 atom stereocenters. The molecule has 27 heavy (non-hydrogen) atoms. The number of carbonyl (C=O) groups excluding carboxylic acids is 1. The Morgan fingerprint density at radius 2 is 1.85 bits per heavy atom. The summed E-state index contributed by atoms with van der Waals surface area (Å²) in [5.74, 6) is -0.325. The minimum Gasteiger partial charge on any atom is -0.465 e. The number of methoxy groups -OCH3 is 1. The number of carbonyl (C=O) groups is 1. The van der Waals surface area contributed by atoms with E-state index in [1.807, 2.05) is 48.6 Å². The summed E-state index contributed by atoms with van der Waals surface area (Å²) in [6.45, 7) is 2.23. The van der Waals surface area contributed by atoms with Gasteiger partial charge < -0.3 is 9.47 Å². The van der Waals surface area contributed by atoms with Crippen molar-refractivity contribution >= 4 is 5.97 Å². The topological polar surface area (TPSA) is 38.8 Å². The van der Waals surface area contributed by atoms with Gasteiger partial charge in [-0.25, -0.2) is 4.79 Å². The van der Waals surface area contributed by atoms with Crippen molar-refractivity contribution in [1.82, 2.24) is 0 Å². The van der Waals surface area contributed by atoms with Crippen molar-refractivity contribution in [1.29, 1.82) is 0 Å². The molecule has 0 aromatic heterocycles. The molecule has 1 heterocycles. The third-order valence-electron chi connectivity index (χ3n) is 4.38. The van der Waals surface area contributed by atoms with Gasteiger partial charge in [-0.15, -0.1) is 0 Å². The zero-order valence-electron chi connectivity index (χ0n) is 16.3. The number of allylic oxidation sites excluding steroid dienone is 7. The fourth-order valence-electron chi connectivity index (χ4n) is 2.79. The molecule has 1 aliphatic rings. The third kappa shape index (κ3) is 7.79. The smallest absolute Gasteiger partial charge is 0.337 e. The van der Waals surface area contributed by atoms with E-state index in [0.717, 1.165) is 12.0 Å². The van der Waals surface area contributed by atoms with Crippen LogP contribution < -0.4 is 0 Å². The first kappa shape index (κ1) is 20.9. The molecule has 1 aromatic carbocycles. The summed E-state index contributed by atoms with van der Waals surface area (Å²) in [6, 6.07) is 7.40. The van der Waals surface area contributed by atoms with Crippen molar-refractivity contribution in [3.05, 3.63) is 84.0 Å². The molecular weight excluding hydrogens is 336 g/mol. The monoisotopic (exact) mass is 366 g/mol. The second-order valence-corrected chi connectivity index (χ2v) is 6.57. The zero-order chi connectivity index (χ0) is 19.3. The Morgan fingerprint density at radius 3 is 2.63 bits per heavy atom. The van der Waals surface area contributed by atoms with Crippen LogP contribution in [0.5, 0.6) is 0 Å². The Balaban J connectivity index is 1.68. The van der Waals surface area contributed by atoms with E-state index in [2.05, 4.69) is 25.2 Å². The quantitative estimate of drug-likeness (QED) is 0.205. The lowest BCUT2D eigenvalue weighted by Crippen LogP contribution is -2.01. The number of benzene rings is 1. The molecule has 3 nitrogen and oxygen atoms in total. The molecule has 0 aliphatic carbocycles. The van der Waals surface area contributed by atoms with Crippen molar-refractivity contribution in [2.75, 3.05) is 7.11 Å². The minimum absolute atomic E-state index is 0.0189. The molecule has 1 fully saturated rings. The fraction of sp³-hybridized carbons (Fsp3) is 0.375. The Bertz CT molecular complexity index is 697. The van der Waals surface area contributed by atoms with Crippen molar-refractivity contribution in [2.45, 2.75) is 51.2 Å². The number of hydrogen-bond acceptors (Lipinski definition) is 3. The maximum absolute atomic E-state index is 11.6. The summed E-state index contributed by atoms with van der Waals surface area (Å²) in [6.07, 6.45) is 22.9. The van der Waals surface area contributed by atoms with Crippen LogP contribution in [0.2, 0.25) is 0 Å². The number of epoxide rings is 1. The van der Waals surface area contributed by atoms with Gasteiger partial charge in [-0.2, -0.15) is 0 Å². The molecule has 1 aliphatic heterocycles. The minimum atomic E-state index is -0.325. The van der Waals surface area contributed by atoms with Crippen LogP contribution in [0.3, 0.4) is 0 Å². The van der Waals surface area contributed by atoms with Crippen LogP contribution in [0.4, 0.5) is 0 Å². The lowest BCUT2D eigenvalue weighted by atomic mass is 10.1. The molecule has 0 radical (unpaired) electrons. The predicted octanol–water partition coefficient (Wildman–Crippen LogP) is 6.11. The Hall–Kier alpha value is -2.39. The first-order valence-corrected chi connectivity index (χ1v) is 9.76. The molecule has 144 valence electrons. The normalized spacial score (nSPS) is 19.6. The first-order chi connectivity index (χ1) is 13.3. The van der Waals surface area contributed by atoms with Crippen molar-refractivity contribution < 1.29 is 14.3 Å². The molecular formula is C24H30O3. The summed E-state index contributed by atoms with van der Waals surface area (Å²) in [4.78, 5) is 11.6. The standard InChI is InChI=1S/C24H30O3/c1-3-4-5-6-7-8-9-10-11-12-13-14-18-22-23(27-22)20-16-15-17-21(19-20)24(25)26-2/h8-19,22-23H,3-7H2,1-2H3/b9-8-,11-10-,13-12+,18-14+. The Kier molecular flexibility index (Phi) is 9.36. The molecule has 2 unspecified atom stereocenters. The largest absolute Gasteiger partial charge is 0.465 e. The molecule has 0 bridgehead atoms. The number of ether oxygens (including phenoxy) is 2. The first-order valence-electron chi connectivity index (χ1n) is 9.76. The molecule has 1 saturated heterocycles. The number of unbranched alkanes of at least 4 members (excludes halogenated alkanes) is 4.